The summed E-state index contributed by atoms with van der Waals surface area (Å²) in [6.07, 6.45) is -0.589. The molecule has 100 valence electrons. The van der Waals surface area contributed by atoms with Crippen molar-refractivity contribution in [2.45, 2.75) is 31.5 Å². The van der Waals surface area contributed by atoms with Crippen LogP contribution in [0.25, 0.3) is 0 Å². The highest BCUT2D eigenvalue weighted by Crippen LogP contribution is 1.99. The lowest BCUT2D eigenvalue weighted by Gasteiger charge is -2.23. The second-order valence-corrected chi connectivity index (χ2v) is 4.57. The van der Waals surface area contributed by atoms with Gasteiger partial charge in [0.1, 0.15) is 6.04 Å². The van der Waals surface area contributed by atoms with Gasteiger partial charge in [0.05, 0.1) is 12.2 Å². The van der Waals surface area contributed by atoms with Crippen LogP contribution in [0.2, 0.25) is 0 Å². The lowest BCUT2D eigenvalue weighted by atomic mass is 10.1. The van der Waals surface area contributed by atoms with Gasteiger partial charge in [-0.25, -0.2) is 4.21 Å². The summed E-state index contributed by atoms with van der Waals surface area (Å²) in [6.45, 7) is 1.52. The standard InChI is InChI=1S/C8H16N2O6S/c1-4(5(9)3-17(15)16)10-6(8(13)14)2-7(11)12/h4-6,10H,2-3,9H2,1H3,(H,11,12)(H,13,14)(H,15,16). The summed E-state index contributed by atoms with van der Waals surface area (Å²) in [5.74, 6) is -2.78. The topological polar surface area (TPSA) is 150 Å². The minimum atomic E-state index is -2.08. The van der Waals surface area contributed by atoms with Crippen molar-refractivity contribution in [1.82, 2.24) is 5.32 Å². The van der Waals surface area contributed by atoms with Gasteiger partial charge in [0.15, 0.2) is 11.1 Å². The Labute approximate surface area is 100 Å². The maximum atomic E-state index is 10.7. The quantitative estimate of drug-likeness (QED) is 0.332. The molecule has 0 aromatic rings. The molecule has 0 saturated heterocycles. The van der Waals surface area contributed by atoms with E-state index in [4.69, 9.17) is 20.5 Å². The van der Waals surface area contributed by atoms with Crippen molar-refractivity contribution in [3.8, 4) is 0 Å². The van der Waals surface area contributed by atoms with E-state index in [1.54, 1.807) is 0 Å². The molecule has 4 atom stereocenters. The molecule has 9 heteroatoms. The summed E-state index contributed by atoms with van der Waals surface area (Å²) in [5, 5.41) is 19.8. The lowest BCUT2D eigenvalue weighted by molar-refractivity contribution is -0.146. The van der Waals surface area contributed by atoms with E-state index in [2.05, 4.69) is 5.32 Å². The Morgan fingerprint density at radius 2 is 1.94 bits per heavy atom. The Bertz CT molecular complexity index is 310. The molecule has 0 bridgehead atoms. The number of carbonyl (C=O) groups is 2. The zero-order chi connectivity index (χ0) is 13.6. The van der Waals surface area contributed by atoms with E-state index < -0.39 is 47.6 Å². The van der Waals surface area contributed by atoms with E-state index in [9.17, 15) is 13.8 Å². The van der Waals surface area contributed by atoms with Gasteiger partial charge in [0, 0.05) is 12.1 Å². The van der Waals surface area contributed by atoms with E-state index in [0.29, 0.717) is 0 Å². The van der Waals surface area contributed by atoms with Crippen molar-refractivity contribution >= 4 is 23.0 Å². The normalized spacial score (nSPS) is 18.1. The molecule has 17 heavy (non-hydrogen) atoms. The number of aliphatic carboxylic acids is 2. The average molecular weight is 268 g/mol. The monoisotopic (exact) mass is 268 g/mol. The van der Waals surface area contributed by atoms with Crippen LogP contribution < -0.4 is 11.1 Å². The van der Waals surface area contributed by atoms with Crippen molar-refractivity contribution in [3.63, 3.8) is 0 Å². The molecular weight excluding hydrogens is 252 g/mol. The van der Waals surface area contributed by atoms with Gasteiger partial charge in [0.2, 0.25) is 0 Å². The van der Waals surface area contributed by atoms with E-state index >= 15 is 0 Å². The van der Waals surface area contributed by atoms with Crippen molar-refractivity contribution in [2.24, 2.45) is 5.73 Å². The Hall–Kier alpha value is -1.03. The highest BCUT2D eigenvalue weighted by atomic mass is 32.2. The maximum absolute atomic E-state index is 10.7. The van der Waals surface area contributed by atoms with Crippen LogP contribution in [0.3, 0.4) is 0 Å². The molecule has 0 aliphatic rings. The number of hydrogen-bond acceptors (Lipinski definition) is 5. The third-order valence-corrected chi connectivity index (χ3v) is 2.79. The fourth-order valence-electron chi connectivity index (χ4n) is 1.14. The van der Waals surface area contributed by atoms with Crippen molar-refractivity contribution in [1.29, 1.82) is 0 Å². The third kappa shape index (κ3) is 7.00. The minimum Gasteiger partial charge on any atom is -0.481 e. The average Bonchev–Trinajstić information content (AvgIpc) is 2.14. The molecule has 0 radical (unpaired) electrons. The van der Waals surface area contributed by atoms with Crippen LogP contribution in [0.1, 0.15) is 13.3 Å². The molecule has 0 aromatic heterocycles. The molecule has 0 amide bonds. The second-order valence-electron chi connectivity index (χ2n) is 3.60. The smallest absolute Gasteiger partial charge is 0.321 e. The van der Waals surface area contributed by atoms with Gasteiger partial charge >= 0.3 is 11.9 Å². The fraction of sp³-hybridized carbons (Fsp3) is 0.750. The molecule has 0 spiro atoms. The fourth-order valence-corrected chi connectivity index (χ4v) is 1.76. The Kier molecular flexibility index (Phi) is 6.88. The zero-order valence-corrected chi connectivity index (χ0v) is 10.0. The molecule has 0 rings (SSSR count). The Balaban J connectivity index is 4.38. The second kappa shape index (κ2) is 7.33. The summed E-state index contributed by atoms with van der Waals surface area (Å²) in [6, 6.07) is -2.61. The van der Waals surface area contributed by atoms with Gasteiger partial charge in [-0.1, -0.05) is 0 Å². The number of nitrogens with one attached hydrogen (secondary N) is 1. The van der Waals surface area contributed by atoms with Crippen LogP contribution in [0.15, 0.2) is 0 Å². The molecule has 0 aliphatic heterocycles. The molecule has 6 N–H and O–H groups in total. The van der Waals surface area contributed by atoms with Crippen molar-refractivity contribution in [3.05, 3.63) is 0 Å². The minimum absolute atomic E-state index is 0.215. The first-order chi connectivity index (χ1) is 7.73. The van der Waals surface area contributed by atoms with Crippen LogP contribution in [0.4, 0.5) is 0 Å². The van der Waals surface area contributed by atoms with Crippen LogP contribution >= 0.6 is 0 Å². The van der Waals surface area contributed by atoms with Crippen LogP contribution in [-0.4, -0.2) is 54.8 Å². The van der Waals surface area contributed by atoms with Gasteiger partial charge in [-0.15, -0.1) is 0 Å². The number of rotatable bonds is 8. The molecule has 0 heterocycles. The summed E-state index contributed by atoms with van der Waals surface area (Å²) in [7, 11) is 0. The first-order valence-corrected chi connectivity index (χ1v) is 6.05. The molecular formula is C8H16N2O6S. The largest absolute Gasteiger partial charge is 0.481 e. The first-order valence-electron chi connectivity index (χ1n) is 4.77. The van der Waals surface area contributed by atoms with E-state index in [0.717, 1.165) is 0 Å². The van der Waals surface area contributed by atoms with Crippen molar-refractivity contribution in [2.75, 3.05) is 5.75 Å². The predicted octanol–water partition coefficient (Wildman–Crippen LogP) is -1.56. The first kappa shape index (κ1) is 16.0. The number of nitrogens with two attached hydrogens (primary N) is 1. The SMILES string of the molecule is CC(NC(CC(=O)O)C(=O)O)C(N)CS(=O)O. The predicted molar refractivity (Wildman–Crippen MR) is 59.9 cm³/mol. The lowest BCUT2D eigenvalue weighted by Crippen LogP contribution is -2.52. The summed E-state index contributed by atoms with van der Waals surface area (Å²) >= 11 is -2.08. The molecule has 0 aliphatic carbocycles. The molecule has 0 fully saturated rings. The summed E-state index contributed by atoms with van der Waals surface area (Å²) < 4.78 is 19.1. The van der Waals surface area contributed by atoms with Gasteiger partial charge < -0.3 is 20.5 Å². The number of carboxylic acids is 2. The van der Waals surface area contributed by atoms with Crippen LogP contribution in [0.5, 0.6) is 0 Å². The summed E-state index contributed by atoms with van der Waals surface area (Å²) in [4.78, 5) is 21.2. The van der Waals surface area contributed by atoms with Gasteiger partial charge in [-0.3, -0.25) is 14.9 Å². The maximum Gasteiger partial charge on any atom is 0.321 e. The van der Waals surface area contributed by atoms with Crippen LogP contribution in [-0.2, 0) is 20.7 Å². The molecule has 0 aromatic carbocycles. The molecule has 4 unspecified atom stereocenters. The van der Waals surface area contributed by atoms with Crippen LogP contribution in [0, 0.1) is 0 Å². The van der Waals surface area contributed by atoms with Crippen molar-refractivity contribution < 1.29 is 28.6 Å². The van der Waals surface area contributed by atoms with Gasteiger partial charge in [0.25, 0.3) is 0 Å². The number of hydrogen-bond donors (Lipinski definition) is 5. The highest BCUT2D eigenvalue weighted by molar-refractivity contribution is 7.79. The van der Waals surface area contributed by atoms with Gasteiger partial charge in [-0.05, 0) is 6.92 Å². The van der Waals surface area contributed by atoms with Gasteiger partial charge in [-0.2, -0.15) is 0 Å². The zero-order valence-electron chi connectivity index (χ0n) is 9.20. The van der Waals surface area contributed by atoms with E-state index in [1.165, 1.54) is 6.92 Å². The highest BCUT2D eigenvalue weighted by Gasteiger charge is 2.25. The Morgan fingerprint density at radius 1 is 1.41 bits per heavy atom. The number of carboxylic acid groups (broad SMARTS) is 2. The molecule has 0 saturated carbocycles. The van der Waals surface area contributed by atoms with E-state index in [-0.39, 0.29) is 5.75 Å². The summed E-state index contributed by atoms with van der Waals surface area (Å²) in [5.41, 5.74) is 5.54. The third-order valence-electron chi connectivity index (χ3n) is 2.12. The Morgan fingerprint density at radius 3 is 2.29 bits per heavy atom. The molecule has 8 nitrogen and oxygen atoms in total. The van der Waals surface area contributed by atoms with E-state index in [1.807, 2.05) is 0 Å².